The van der Waals surface area contributed by atoms with E-state index in [4.69, 9.17) is 0 Å². The lowest BCUT2D eigenvalue weighted by molar-refractivity contribution is 0.0477. The highest BCUT2D eigenvalue weighted by Gasteiger charge is 2.31. The number of amides is 1. The number of likely N-dealkylation sites (tertiary alicyclic amines) is 1. The molecule has 1 amide bonds. The molecule has 23 heavy (non-hydrogen) atoms. The minimum atomic E-state index is 0.111. The van der Waals surface area contributed by atoms with Crippen LogP contribution in [0.15, 0.2) is 6.07 Å². The highest BCUT2D eigenvalue weighted by atomic mass is 16.3. The number of hydrogen-bond acceptors (Lipinski definition) is 3. The van der Waals surface area contributed by atoms with Gasteiger partial charge in [0, 0.05) is 44.2 Å². The molecule has 1 fully saturated rings. The van der Waals surface area contributed by atoms with E-state index in [0.29, 0.717) is 12.5 Å². The first-order valence-electron chi connectivity index (χ1n) is 8.58. The molecule has 0 saturated carbocycles. The zero-order valence-corrected chi connectivity index (χ0v) is 15.2. The lowest BCUT2D eigenvalue weighted by Crippen LogP contribution is -2.47. The van der Waals surface area contributed by atoms with Gasteiger partial charge in [-0.1, -0.05) is 0 Å². The molecular formula is C18H31N3O2. The molecule has 1 saturated heterocycles. The average molecular weight is 321 g/mol. The maximum Gasteiger partial charge on any atom is 0.255 e. The Morgan fingerprint density at radius 3 is 2.48 bits per heavy atom. The molecule has 0 unspecified atom stereocenters. The Hall–Kier alpha value is -1.33. The van der Waals surface area contributed by atoms with Crippen LogP contribution in [0.25, 0.3) is 0 Å². The topological polar surface area (TPSA) is 48.7 Å². The van der Waals surface area contributed by atoms with Gasteiger partial charge in [-0.3, -0.25) is 4.79 Å². The summed E-state index contributed by atoms with van der Waals surface area (Å²) in [7, 11) is 4.12. The van der Waals surface area contributed by atoms with Crippen molar-refractivity contribution in [3.63, 3.8) is 0 Å². The molecule has 1 aliphatic heterocycles. The number of aromatic nitrogens is 1. The highest BCUT2D eigenvalue weighted by Crippen LogP contribution is 2.25. The standard InChI is InChI=1S/C18H31N3O2/c1-6-21-13(2)7-17(14(21)3)18(23)20-10-15(9-19(4)5)8-16(11-20)12-22/h7,15-16,22H,6,8-12H2,1-5H3/t15-,16+/m1/s1. The van der Waals surface area contributed by atoms with Crippen molar-refractivity contribution in [2.24, 2.45) is 11.8 Å². The molecule has 130 valence electrons. The van der Waals surface area contributed by atoms with Crippen LogP contribution < -0.4 is 0 Å². The van der Waals surface area contributed by atoms with Crippen LogP contribution in [0.2, 0.25) is 0 Å². The van der Waals surface area contributed by atoms with Gasteiger partial charge in [-0.25, -0.2) is 0 Å². The molecule has 5 nitrogen and oxygen atoms in total. The second kappa shape index (κ2) is 7.49. The van der Waals surface area contributed by atoms with Gasteiger partial charge < -0.3 is 19.5 Å². The van der Waals surface area contributed by atoms with Crippen molar-refractivity contribution >= 4 is 5.91 Å². The Morgan fingerprint density at radius 2 is 1.96 bits per heavy atom. The Labute approximate surface area is 139 Å². The lowest BCUT2D eigenvalue weighted by atomic mass is 9.89. The van der Waals surface area contributed by atoms with E-state index < -0.39 is 0 Å². The Morgan fingerprint density at radius 1 is 1.30 bits per heavy atom. The summed E-state index contributed by atoms with van der Waals surface area (Å²) in [5, 5.41) is 9.60. The monoisotopic (exact) mass is 321 g/mol. The SMILES string of the molecule is CCn1c(C)cc(C(=O)N2C[C@@H](CN(C)C)C[C@H](CO)C2)c1C. The van der Waals surface area contributed by atoms with E-state index in [0.717, 1.165) is 43.0 Å². The predicted molar refractivity (Wildman–Crippen MR) is 92.7 cm³/mol. The summed E-state index contributed by atoms with van der Waals surface area (Å²) in [6, 6.07) is 2.00. The molecule has 2 rings (SSSR count). The summed E-state index contributed by atoms with van der Waals surface area (Å²) in [6.07, 6.45) is 0.993. The number of carbonyl (C=O) groups is 1. The number of aliphatic hydroxyl groups is 1. The van der Waals surface area contributed by atoms with Crippen LogP contribution >= 0.6 is 0 Å². The van der Waals surface area contributed by atoms with Gasteiger partial charge in [-0.2, -0.15) is 0 Å². The summed E-state index contributed by atoms with van der Waals surface area (Å²) in [5.41, 5.74) is 2.99. The van der Waals surface area contributed by atoms with Crippen LogP contribution in [0.1, 0.15) is 35.1 Å². The first-order valence-corrected chi connectivity index (χ1v) is 8.58. The normalized spacial score (nSPS) is 22.0. The smallest absolute Gasteiger partial charge is 0.255 e. The van der Waals surface area contributed by atoms with Crippen molar-refractivity contribution in [2.75, 3.05) is 40.3 Å². The van der Waals surface area contributed by atoms with Crippen molar-refractivity contribution in [1.29, 1.82) is 0 Å². The number of carbonyl (C=O) groups excluding carboxylic acids is 1. The molecular weight excluding hydrogens is 290 g/mol. The van der Waals surface area contributed by atoms with E-state index in [2.05, 4.69) is 37.4 Å². The van der Waals surface area contributed by atoms with E-state index in [1.165, 1.54) is 0 Å². The van der Waals surface area contributed by atoms with Crippen LogP contribution in [0.4, 0.5) is 0 Å². The third kappa shape index (κ3) is 3.96. The van der Waals surface area contributed by atoms with E-state index in [1.807, 2.05) is 17.9 Å². The second-order valence-corrected chi connectivity index (χ2v) is 7.15. The maximum atomic E-state index is 13.0. The molecule has 1 aromatic heterocycles. The summed E-state index contributed by atoms with van der Waals surface area (Å²) in [5.74, 6) is 0.724. The fourth-order valence-corrected chi connectivity index (χ4v) is 3.94. The van der Waals surface area contributed by atoms with E-state index in [9.17, 15) is 9.90 Å². The first-order chi connectivity index (χ1) is 10.9. The van der Waals surface area contributed by atoms with Gasteiger partial charge >= 0.3 is 0 Å². The van der Waals surface area contributed by atoms with Crippen LogP contribution in [-0.4, -0.2) is 65.7 Å². The molecule has 0 radical (unpaired) electrons. The Bertz CT molecular complexity index is 551. The third-order valence-electron chi connectivity index (χ3n) is 4.91. The van der Waals surface area contributed by atoms with Crippen molar-refractivity contribution < 1.29 is 9.90 Å². The van der Waals surface area contributed by atoms with Gasteiger partial charge in [0.15, 0.2) is 0 Å². The molecule has 1 aromatic rings. The Kier molecular flexibility index (Phi) is 5.87. The predicted octanol–water partition coefficient (Wildman–Crippen LogP) is 1.76. The van der Waals surface area contributed by atoms with Crippen molar-refractivity contribution in [3.8, 4) is 0 Å². The summed E-state index contributed by atoms with van der Waals surface area (Å²) in [4.78, 5) is 17.1. The molecule has 5 heteroatoms. The van der Waals surface area contributed by atoms with E-state index in [-0.39, 0.29) is 18.4 Å². The minimum Gasteiger partial charge on any atom is -0.396 e. The van der Waals surface area contributed by atoms with Crippen LogP contribution in [0.5, 0.6) is 0 Å². The van der Waals surface area contributed by atoms with Gasteiger partial charge in [0.25, 0.3) is 5.91 Å². The summed E-state index contributed by atoms with van der Waals surface area (Å²) >= 11 is 0. The van der Waals surface area contributed by atoms with Crippen LogP contribution in [0.3, 0.4) is 0 Å². The molecule has 2 atom stereocenters. The number of hydrogen-bond donors (Lipinski definition) is 1. The fraction of sp³-hybridized carbons (Fsp3) is 0.722. The molecule has 0 aromatic carbocycles. The average Bonchev–Trinajstić information content (AvgIpc) is 2.79. The maximum absolute atomic E-state index is 13.0. The number of piperidine rings is 1. The molecule has 0 aliphatic carbocycles. The molecule has 2 heterocycles. The van der Waals surface area contributed by atoms with E-state index >= 15 is 0 Å². The quantitative estimate of drug-likeness (QED) is 0.899. The summed E-state index contributed by atoms with van der Waals surface area (Å²) in [6.45, 7) is 9.61. The van der Waals surface area contributed by atoms with Gasteiger partial charge in [0.2, 0.25) is 0 Å². The van der Waals surface area contributed by atoms with Crippen molar-refractivity contribution in [1.82, 2.24) is 14.4 Å². The second-order valence-electron chi connectivity index (χ2n) is 7.15. The van der Waals surface area contributed by atoms with Crippen LogP contribution in [0, 0.1) is 25.7 Å². The molecule has 0 spiro atoms. The highest BCUT2D eigenvalue weighted by molar-refractivity contribution is 5.95. The van der Waals surface area contributed by atoms with Crippen molar-refractivity contribution in [2.45, 2.75) is 33.7 Å². The van der Waals surface area contributed by atoms with Gasteiger partial charge in [0.1, 0.15) is 0 Å². The number of aliphatic hydroxyl groups excluding tert-OH is 1. The number of nitrogens with zero attached hydrogens (tertiary/aromatic N) is 3. The zero-order valence-electron chi connectivity index (χ0n) is 15.2. The third-order valence-corrected chi connectivity index (χ3v) is 4.91. The number of aryl methyl sites for hydroxylation is 1. The van der Waals surface area contributed by atoms with Gasteiger partial charge in [-0.15, -0.1) is 0 Å². The van der Waals surface area contributed by atoms with Crippen LogP contribution in [-0.2, 0) is 6.54 Å². The Balaban J connectivity index is 2.20. The molecule has 1 aliphatic rings. The minimum absolute atomic E-state index is 0.111. The van der Waals surface area contributed by atoms with Gasteiger partial charge in [0.05, 0.1) is 5.56 Å². The number of rotatable bonds is 5. The lowest BCUT2D eigenvalue weighted by Gasteiger charge is -2.38. The summed E-state index contributed by atoms with van der Waals surface area (Å²) < 4.78 is 2.18. The fourth-order valence-electron chi connectivity index (χ4n) is 3.94. The van der Waals surface area contributed by atoms with Crippen molar-refractivity contribution in [3.05, 3.63) is 23.0 Å². The largest absolute Gasteiger partial charge is 0.396 e. The molecule has 1 N–H and O–H groups in total. The first kappa shape index (κ1) is 18.0. The van der Waals surface area contributed by atoms with Gasteiger partial charge in [-0.05, 0) is 59.2 Å². The zero-order chi connectivity index (χ0) is 17.1. The molecule has 0 bridgehead atoms. The van der Waals surface area contributed by atoms with E-state index in [1.54, 1.807) is 0 Å².